The molecule has 3 nitrogen and oxygen atoms in total. The van der Waals surface area contributed by atoms with E-state index in [4.69, 9.17) is 4.74 Å². The fraction of sp³-hybridized carbons (Fsp3) is 0.462. The molecule has 0 bridgehead atoms. The highest BCUT2D eigenvalue weighted by atomic mass is 127. The number of hydrogen-bond acceptors (Lipinski definition) is 2. The third-order valence-corrected chi connectivity index (χ3v) is 3.82. The summed E-state index contributed by atoms with van der Waals surface area (Å²) in [4.78, 5) is 11.9. The van der Waals surface area contributed by atoms with Crippen LogP contribution in [0.1, 0.15) is 23.7 Å². The molecule has 2 rings (SSSR count). The lowest BCUT2D eigenvalue weighted by Gasteiger charge is -2.14. The van der Waals surface area contributed by atoms with Crippen LogP contribution in [0, 0.1) is 9.49 Å². The first-order chi connectivity index (χ1) is 8.16. The van der Waals surface area contributed by atoms with Crippen molar-refractivity contribution in [1.82, 2.24) is 5.32 Å². The molecule has 1 aliphatic rings. The second kappa shape index (κ2) is 5.82. The molecule has 1 saturated heterocycles. The molecule has 4 heteroatoms. The third-order valence-electron chi connectivity index (χ3n) is 3.14. The molecular formula is C13H16INO2. The van der Waals surface area contributed by atoms with Gasteiger partial charge >= 0.3 is 0 Å². The van der Waals surface area contributed by atoms with E-state index in [-0.39, 0.29) is 12.0 Å². The van der Waals surface area contributed by atoms with Crippen LogP contribution < -0.4 is 5.32 Å². The van der Waals surface area contributed by atoms with E-state index in [1.807, 2.05) is 24.3 Å². The topological polar surface area (TPSA) is 38.3 Å². The maximum atomic E-state index is 11.9. The monoisotopic (exact) mass is 345 g/mol. The molecule has 0 spiro atoms. The van der Waals surface area contributed by atoms with Crippen LogP contribution in [-0.2, 0) is 4.74 Å². The van der Waals surface area contributed by atoms with Gasteiger partial charge in [0.1, 0.15) is 0 Å². The van der Waals surface area contributed by atoms with Crippen LogP contribution in [0.3, 0.4) is 0 Å². The van der Waals surface area contributed by atoms with Gasteiger partial charge in [-0.05, 0) is 54.1 Å². The number of amides is 1. The van der Waals surface area contributed by atoms with Crippen molar-refractivity contribution in [3.8, 4) is 0 Å². The Morgan fingerprint density at radius 3 is 3.06 bits per heavy atom. The largest absolute Gasteiger partial charge is 0.378 e. The molecule has 1 amide bonds. The maximum absolute atomic E-state index is 11.9. The van der Waals surface area contributed by atoms with E-state index in [1.54, 1.807) is 0 Å². The van der Waals surface area contributed by atoms with Crippen molar-refractivity contribution in [2.45, 2.75) is 19.4 Å². The first-order valence-corrected chi connectivity index (χ1v) is 6.90. The Bertz CT molecular complexity index is 408. The van der Waals surface area contributed by atoms with E-state index in [0.29, 0.717) is 12.5 Å². The predicted molar refractivity (Wildman–Crippen MR) is 75.0 cm³/mol. The van der Waals surface area contributed by atoms with Crippen LogP contribution in [0.15, 0.2) is 24.3 Å². The van der Waals surface area contributed by atoms with Gasteiger partial charge in [-0.25, -0.2) is 0 Å². The summed E-state index contributed by atoms with van der Waals surface area (Å²) in [7, 11) is 0. The number of ether oxygens (including phenoxy) is 1. The van der Waals surface area contributed by atoms with Gasteiger partial charge in [0.15, 0.2) is 0 Å². The van der Waals surface area contributed by atoms with Crippen molar-refractivity contribution in [3.63, 3.8) is 0 Å². The zero-order valence-electron chi connectivity index (χ0n) is 9.78. The molecule has 0 saturated carbocycles. The first-order valence-electron chi connectivity index (χ1n) is 5.82. The van der Waals surface area contributed by atoms with Gasteiger partial charge in [0, 0.05) is 28.2 Å². The average Bonchev–Trinajstić information content (AvgIpc) is 2.72. The van der Waals surface area contributed by atoms with Crippen LogP contribution in [-0.4, -0.2) is 25.2 Å². The van der Waals surface area contributed by atoms with Gasteiger partial charge in [0.05, 0.1) is 6.10 Å². The second-order valence-electron chi connectivity index (χ2n) is 4.35. The highest BCUT2D eigenvalue weighted by Crippen LogP contribution is 2.19. The second-order valence-corrected chi connectivity index (χ2v) is 5.59. The van der Waals surface area contributed by atoms with E-state index >= 15 is 0 Å². The van der Waals surface area contributed by atoms with E-state index in [1.165, 1.54) is 0 Å². The van der Waals surface area contributed by atoms with Gasteiger partial charge < -0.3 is 10.1 Å². The van der Waals surface area contributed by atoms with Crippen LogP contribution in [0.4, 0.5) is 0 Å². The van der Waals surface area contributed by atoms with Gasteiger partial charge in [0.25, 0.3) is 5.91 Å². The van der Waals surface area contributed by atoms with Crippen LogP contribution in [0.2, 0.25) is 0 Å². The summed E-state index contributed by atoms with van der Waals surface area (Å²) in [6, 6.07) is 7.61. The minimum Gasteiger partial charge on any atom is -0.378 e. The zero-order valence-corrected chi connectivity index (χ0v) is 11.9. The molecule has 1 aromatic carbocycles. The van der Waals surface area contributed by atoms with Crippen LogP contribution >= 0.6 is 22.6 Å². The Labute approximate surface area is 115 Å². The number of carbonyl (C=O) groups is 1. The highest BCUT2D eigenvalue weighted by Gasteiger charge is 2.24. The molecule has 0 aromatic heterocycles. The smallest absolute Gasteiger partial charge is 0.251 e. The Morgan fingerprint density at radius 2 is 2.41 bits per heavy atom. The van der Waals surface area contributed by atoms with E-state index < -0.39 is 0 Å². The average molecular weight is 345 g/mol. The van der Waals surface area contributed by atoms with Crippen molar-refractivity contribution >= 4 is 28.5 Å². The van der Waals surface area contributed by atoms with Gasteiger partial charge in [-0.1, -0.05) is 6.07 Å². The number of rotatable bonds is 3. The van der Waals surface area contributed by atoms with Crippen molar-refractivity contribution in [2.24, 2.45) is 5.92 Å². The predicted octanol–water partition coefficient (Wildman–Crippen LogP) is 2.45. The minimum absolute atomic E-state index is 0.00242. The zero-order chi connectivity index (χ0) is 12.3. The Morgan fingerprint density at radius 1 is 1.59 bits per heavy atom. The van der Waals surface area contributed by atoms with E-state index in [9.17, 15) is 4.79 Å². The van der Waals surface area contributed by atoms with Crippen molar-refractivity contribution in [1.29, 1.82) is 0 Å². The fourth-order valence-corrected chi connectivity index (χ4v) is 2.54. The van der Waals surface area contributed by atoms with Crippen molar-refractivity contribution in [2.75, 3.05) is 13.2 Å². The Kier molecular flexibility index (Phi) is 4.39. The first kappa shape index (κ1) is 12.8. The molecule has 17 heavy (non-hydrogen) atoms. The number of carbonyl (C=O) groups excluding carboxylic acids is 1. The number of hydrogen-bond donors (Lipinski definition) is 1. The van der Waals surface area contributed by atoms with E-state index in [2.05, 4.69) is 34.8 Å². The molecule has 1 aromatic rings. The summed E-state index contributed by atoms with van der Waals surface area (Å²) in [6.07, 6.45) is 1.29. The maximum Gasteiger partial charge on any atom is 0.251 e. The molecule has 2 atom stereocenters. The standard InChI is InChI=1S/C13H16INO2/c1-9-11(5-6-17-9)8-15-13(16)10-3-2-4-12(14)7-10/h2-4,7,9,11H,5-6,8H2,1H3,(H,15,16). The Balaban J connectivity index is 1.89. The van der Waals surface area contributed by atoms with Gasteiger partial charge in [0.2, 0.25) is 0 Å². The van der Waals surface area contributed by atoms with Gasteiger partial charge in [-0.3, -0.25) is 4.79 Å². The van der Waals surface area contributed by atoms with Crippen molar-refractivity contribution < 1.29 is 9.53 Å². The summed E-state index contributed by atoms with van der Waals surface area (Å²) in [5.74, 6) is 0.448. The van der Waals surface area contributed by atoms with Crippen LogP contribution in [0.25, 0.3) is 0 Å². The molecule has 0 radical (unpaired) electrons. The van der Waals surface area contributed by atoms with Crippen LogP contribution in [0.5, 0.6) is 0 Å². The minimum atomic E-state index is 0.00242. The number of benzene rings is 1. The lowest BCUT2D eigenvalue weighted by atomic mass is 10.0. The number of nitrogens with one attached hydrogen (secondary N) is 1. The molecular weight excluding hydrogens is 329 g/mol. The fourth-order valence-electron chi connectivity index (χ4n) is 2.00. The molecule has 2 unspecified atom stereocenters. The van der Waals surface area contributed by atoms with Gasteiger partial charge in [-0.2, -0.15) is 0 Å². The third kappa shape index (κ3) is 3.42. The lowest BCUT2D eigenvalue weighted by molar-refractivity contribution is 0.0907. The quantitative estimate of drug-likeness (QED) is 0.855. The molecule has 1 heterocycles. The lowest BCUT2D eigenvalue weighted by Crippen LogP contribution is -2.31. The summed E-state index contributed by atoms with van der Waals surface area (Å²) in [6.45, 7) is 3.58. The van der Waals surface area contributed by atoms with Crippen molar-refractivity contribution in [3.05, 3.63) is 33.4 Å². The normalized spacial score (nSPS) is 23.6. The molecule has 0 aliphatic carbocycles. The summed E-state index contributed by atoms with van der Waals surface area (Å²) in [5.41, 5.74) is 0.725. The summed E-state index contributed by atoms with van der Waals surface area (Å²) >= 11 is 2.21. The van der Waals surface area contributed by atoms with Gasteiger partial charge in [-0.15, -0.1) is 0 Å². The SMILES string of the molecule is CC1OCCC1CNC(=O)c1cccc(I)c1. The van der Waals surface area contributed by atoms with E-state index in [0.717, 1.165) is 22.2 Å². The number of halogens is 1. The Hall–Kier alpha value is -0.620. The molecule has 1 aliphatic heterocycles. The molecule has 92 valence electrons. The molecule has 1 N–H and O–H groups in total. The molecule has 1 fully saturated rings. The summed E-state index contributed by atoms with van der Waals surface area (Å²) in [5, 5.41) is 2.98. The summed E-state index contributed by atoms with van der Waals surface area (Å²) < 4.78 is 6.55. The highest BCUT2D eigenvalue weighted by molar-refractivity contribution is 14.1.